The smallest absolute Gasteiger partial charge is 0.364 e. The minimum atomic E-state index is -4.88. The van der Waals surface area contributed by atoms with Gasteiger partial charge in [0.05, 0.1) is 34.0 Å². The molecule has 0 spiro atoms. The van der Waals surface area contributed by atoms with Crippen molar-refractivity contribution in [1.82, 2.24) is 14.8 Å². The van der Waals surface area contributed by atoms with E-state index in [1.54, 1.807) is 12.1 Å². The largest absolute Gasteiger partial charge is 0.437 e. The predicted octanol–water partition coefficient (Wildman–Crippen LogP) is 5.26. The molecule has 4 aromatic rings. The first-order valence-corrected chi connectivity index (χ1v) is 10.8. The Morgan fingerprint density at radius 1 is 1.14 bits per heavy atom. The van der Waals surface area contributed by atoms with Crippen LogP contribution in [0.2, 0.25) is 5.02 Å². The number of benzene rings is 2. The van der Waals surface area contributed by atoms with Crippen molar-refractivity contribution in [3.8, 4) is 0 Å². The minimum Gasteiger partial charge on any atom is -0.364 e. The molecule has 0 aliphatic carbocycles. The molecule has 0 fully saturated rings. The maximum Gasteiger partial charge on any atom is 0.437 e. The summed E-state index contributed by atoms with van der Waals surface area (Å²) >= 11 is 5.84. The van der Waals surface area contributed by atoms with Crippen LogP contribution in [0.15, 0.2) is 42.5 Å². The number of fused-ring (bicyclic) bond motifs is 1. The quantitative estimate of drug-likeness (QED) is 0.351. The number of nitrogens with zero attached hydrogens (tertiary/aromatic N) is 3. The third kappa shape index (κ3) is 4.87. The van der Waals surface area contributed by atoms with Gasteiger partial charge in [0.15, 0.2) is 5.69 Å². The Hall–Kier alpha value is -3.99. The topological polar surface area (TPSA) is 103 Å². The van der Waals surface area contributed by atoms with E-state index in [-0.39, 0.29) is 39.4 Å². The van der Waals surface area contributed by atoms with E-state index in [0.717, 1.165) is 34.0 Å². The summed E-state index contributed by atoms with van der Waals surface area (Å²) in [5, 5.41) is 5.63. The second-order valence-electron chi connectivity index (χ2n) is 8.11. The van der Waals surface area contributed by atoms with Crippen LogP contribution in [-0.4, -0.2) is 26.6 Å². The summed E-state index contributed by atoms with van der Waals surface area (Å²) in [6.07, 6.45) is -4.88. The van der Waals surface area contributed by atoms with Gasteiger partial charge in [-0.1, -0.05) is 41.4 Å². The van der Waals surface area contributed by atoms with Gasteiger partial charge in [-0.05, 0) is 31.5 Å². The fourth-order valence-electron chi connectivity index (χ4n) is 3.75. The van der Waals surface area contributed by atoms with Gasteiger partial charge >= 0.3 is 6.18 Å². The number of carbonyl (C=O) groups excluding carboxylic acids is 2. The molecule has 0 aliphatic heterocycles. The van der Waals surface area contributed by atoms with E-state index in [1.165, 1.54) is 6.92 Å². The van der Waals surface area contributed by atoms with Crippen molar-refractivity contribution in [3.63, 3.8) is 0 Å². The van der Waals surface area contributed by atoms with Gasteiger partial charge in [0, 0.05) is 11.5 Å². The van der Waals surface area contributed by atoms with Gasteiger partial charge in [-0.25, -0.2) is 9.37 Å². The molecule has 12 heteroatoms. The molecular weight excluding hydrogens is 502 g/mol. The Balaban J connectivity index is 1.81. The van der Waals surface area contributed by atoms with Crippen molar-refractivity contribution >= 4 is 40.0 Å². The van der Waals surface area contributed by atoms with E-state index in [9.17, 15) is 27.2 Å². The van der Waals surface area contributed by atoms with Gasteiger partial charge in [0.2, 0.25) is 0 Å². The van der Waals surface area contributed by atoms with Crippen LogP contribution in [-0.2, 0) is 12.7 Å². The highest BCUT2D eigenvalue weighted by atomic mass is 35.5. The average molecular weight is 520 g/mol. The molecule has 2 heterocycles. The van der Waals surface area contributed by atoms with Crippen molar-refractivity contribution in [3.05, 3.63) is 87.1 Å². The Morgan fingerprint density at radius 3 is 2.50 bits per heavy atom. The van der Waals surface area contributed by atoms with Crippen LogP contribution in [0.4, 0.5) is 23.2 Å². The summed E-state index contributed by atoms with van der Waals surface area (Å²) in [5.41, 5.74) is 4.34. The molecule has 186 valence electrons. The fourth-order valence-corrected chi connectivity index (χ4v) is 3.91. The zero-order valence-electron chi connectivity index (χ0n) is 18.9. The summed E-state index contributed by atoms with van der Waals surface area (Å²) in [6.45, 7) is 3.27. The summed E-state index contributed by atoms with van der Waals surface area (Å²) in [7, 11) is 0. The van der Waals surface area contributed by atoms with Crippen LogP contribution in [0.3, 0.4) is 0 Å². The molecule has 0 saturated heterocycles. The molecule has 2 aromatic heterocycles. The van der Waals surface area contributed by atoms with Gasteiger partial charge in [-0.3, -0.25) is 14.3 Å². The molecule has 0 saturated carbocycles. The number of nitrogens with two attached hydrogens (primary N) is 1. The maximum atomic E-state index is 14.0. The molecule has 0 radical (unpaired) electrons. The van der Waals surface area contributed by atoms with Crippen LogP contribution in [0, 0.1) is 19.7 Å². The molecule has 3 N–H and O–H groups in total. The average Bonchev–Trinajstić information content (AvgIpc) is 3.09. The van der Waals surface area contributed by atoms with E-state index in [0.29, 0.717) is 0 Å². The molecule has 36 heavy (non-hydrogen) atoms. The van der Waals surface area contributed by atoms with E-state index in [1.807, 2.05) is 19.1 Å². The van der Waals surface area contributed by atoms with Gasteiger partial charge in [0.1, 0.15) is 11.5 Å². The van der Waals surface area contributed by atoms with Crippen molar-refractivity contribution in [2.24, 2.45) is 5.73 Å². The van der Waals surface area contributed by atoms with E-state index >= 15 is 0 Å². The third-order valence-corrected chi connectivity index (χ3v) is 5.77. The number of hydrogen-bond acceptors (Lipinski definition) is 4. The zero-order valence-corrected chi connectivity index (χ0v) is 19.6. The van der Waals surface area contributed by atoms with Crippen LogP contribution in [0.25, 0.3) is 10.9 Å². The number of nitrogens with one attached hydrogen (secondary N) is 1. The Labute approximate surface area is 206 Å². The fraction of sp³-hybridized carbons (Fsp3) is 0.167. The summed E-state index contributed by atoms with van der Waals surface area (Å²) in [5.74, 6) is -2.90. The molecule has 0 unspecified atom stereocenters. The minimum absolute atomic E-state index is 0.0160. The Bertz CT molecular complexity index is 1530. The summed E-state index contributed by atoms with van der Waals surface area (Å²) < 4.78 is 56.7. The second-order valence-corrected chi connectivity index (χ2v) is 8.52. The van der Waals surface area contributed by atoms with E-state index in [4.69, 9.17) is 17.3 Å². The first-order valence-electron chi connectivity index (χ1n) is 10.5. The molecule has 0 bridgehead atoms. The highest BCUT2D eigenvalue weighted by Gasteiger charge is 2.39. The molecule has 2 aromatic carbocycles. The number of rotatable bonds is 5. The molecule has 0 atom stereocenters. The number of halogens is 5. The van der Waals surface area contributed by atoms with Crippen LogP contribution < -0.4 is 11.1 Å². The second kappa shape index (κ2) is 9.23. The standard InChI is InChI=1S/C24H18ClF4N5O2/c1-11-4-3-5-13(6-11)10-34-12(2)20(21(33-34)24(27,28)29)32-23(36)15-8-19(22(30)35)31-18-9-17(26)16(25)7-14(15)18/h3-9H,10H2,1-2H3,(H2,30,35)(H,32,36). The highest BCUT2D eigenvalue weighted by molar-refractivity contribution is 6.31. The zero-order chi connectivity index (χ0) is 26.4. The molecule has 4 rings (SSSR count). The van der Waals surface area contributed by atoms with Crippen molar-refractivity contribution in [1.29, 1.82) is 0 Å². The first-order chi connectivity index (χ1) is 16.8. The number of pyridine rings is 1. The predicted molar refractivity (Wildman–Crippen MR) is 125 cm³/mol. The lowest BCUT2D eigenvalue weighted by atomic mass is 10.1. The van der Waals surface area contributed by atoms with Gasteiger partial charge in [-0.2, -0.15) is 18.3 Å². The number of aromatic nitrogens is 3. The number of amides is 2. The molecule has 2 amide bonds. The lowest BCUT2D eigenvalue weighted by molar-refractivity contribution is -0.140. The Kier molecular flexibility index (Phi) is 6.44. The van der Waals surface area contributed by atoms with Crippen LogP contribution in [0.1, 0.15) is 43.4 Å². The number of primary amides is 1. The van der Waals surface area contributed by atoms with Crippen molar-refractivity contribution in [2.75, 3.05) is 5.32 Å². The third-order valence-electron chi connectivity index (χ3n) is 5.48. The number of alkyl halides is 3. The SMILES string of the molecule is Cc1cccc(Cn2nc(C(F)(F)F)c(NC(=O)c3cc(C(N)=O)nc4cc(F)c(Cl)cc34)c2C)c1. The lowest BCUT2D eigenvalue weighted by Gasteiger charge is -2.12. The number of aryl methyl sites for hydroxylation is 1. The maximum absolute atomic E-state index is 14.0. The van der Waals surface area contributed by atoms with Gasteiger partial charge < -0.3 is 11.1 Å². The van der Waals surface area contributed by atoms with Crippen LogP contribution in [0.5, 0.6) is 0 Å². The van der Waals surface area contributed by atoms with Crippen molar-refractivity contribution < 1.29 is 27.2 Å². The van der Waals surface area contributed by atoms with E-state index < -0.39 is 35.2 Å². The van der Waals surface area contributed by atoms with Crippen LogP contribution >= 0.6 is 11.6 Å². The monoisotopic (exact) mass is 519 g/mol. The summed E-state index contributed by atoms with van der Waals surface area (Å²) in [4.78, 5) is 28.8. The highest BCUT2D eigenvalue weighted by Crippen LogP contribution is 2.37. The van der Waals surface area contributed by atoms with Crippen molar-refractivity contribution in [2.45, 2.75) is 26.6 Å². The van der Waals surface area contributed by atoms with E-state index in [2.05, 4.69) is 15.4 Å². The number of carbonyl (C=O) groups is 2. The normalized spacial score (nSPS) is 11.6. The van der Waals surface area contributed by atoms with Gasteiger partial charge in [0.25, 0.3) is 11.8 Å². The lowest BCUT2D eigenvalue weighted by Crippen LogP contribution is -2.19. The summed E-state index contributed by atoms with van der Waals surface area (Å²) in [6, 6.07) is 10.2. The Morgan fingerprint density at radius 2 is 1.86 bits per heavy atom. The first kappa shape index (κ1) is 25.1. The number of hydrogen-bond donors (Lipinski definition) is 2. The van der Waals surface area contributed by atoms with Gasteiger partial charge in [-0.15, -0.1) is 0 Å². The molecular formula is C24H18ClF4N5O2. The number of anilines is 1. The molecule has 7 nitrogen and oxygen atoms in total. The molecule has 0 aliphatic rings.